The molecule has 0 unspecified atom stereocenters. The average molecular weight is 422 g/mol. The number of hydrogen-bond donors (Lipinski definition) is 2. The summed E-state index contributed by atoms with van der Waals surface area (Å²) in [5, 5.41) is 7.42. The highest BCUT2D eigenvalue weighted by Crippen LogP contribution is 2.15. The van der Waals surface area contributed by atoms with E-state index in [0.717, 1.165) is 5.56 Å². The Bertz CT molecular complexity index is 1070. The topological polar surface area (TPSA) is 79.8 Å². The Morgan fingerprint density at radius 1 is 0.933 bits per heavy atom. The molecule has 2 N–H and O–H groups in total. The predicted octanol–water partition coefficient (Wildman–Crippen LogP) is 4.51. The normalized spacial score (nSPS) is 10.9. The van der Waals surface area contributed by atoms with Crippen molar-refractivity contribution in [2.45, 2.75) is 6.92 Å². The van der Waals surface area contributed by atoms with Gasteiger partial charge in [0.2, 0.25) is 0 Å². The van der Waals surface area contributed by atoms with Gasteiger partial charge in [0, 0.05) is 16.3 Å². The standard InChI is InChI=1S/C23H20ClN3O3/c1-16(26-27-22(28)15-30-21-11-3-2-4-12-21)17-7-6-10-20(14-17)25-23(29)18-8-5-9-19(24)13-18/h2-14H,15H2,1H3,(H,25,29)(H,27,28)/b26-16-. The monoisotopic (exact) mass is 421 g/mol. The van der Waals surface area contributed by atoms with Gasteiger partial charge in [0.05, 0.1) is 5.71 Å². The Morgan fingerprint density at radius 3 is 2.43 bits per heavy atom. The number of para-hydroxylation sites is 1. The van der Waals surface area contributed by atoms with Crippen LogP contribution < -0.4 is 15.5 Å². The van der Waals surface area contributed by atoms with Gasteiger partial charge in [-0.1, -0.05) is 48.0 Å². The van der Waals surface area contributed by atoms with E-state index >= 15 is 0 Å². The highest BCUT2D eigenvalue weighted by molar-refractivity contribution is 6.31. The highest BCUT2D eigenvalue weighted by Gasteiger charge is 2.08. The van der Waals surface area contributed by atoms with E-state index in [9.17, 15) is 9.59 Å². The third kappa shape index (κ3) is 6.18. The van der Waals surface area contributed by atoms with Crippen molar-refractivity contribution >= 4 is 34.8 Å². The zero-order chi connectivity index (χ0) is 21.3. The van der Waals surface area contributed by atoms with E-state index < -0.39 is 0 Å². The number of amides is 2. The van der Waals surface area contributed by atoms with Crippen molar-refractivity contribution in [3.63, 3.8) is 0 Å². The number of ether oxygens (including phenoxy) is 1. The summed E-state index contributed by atoms with van der Waals surface area (Å²) in [6.07, 6.45) is 0. The fourth-order valence-electron chi connectivity index (χ4n) is 2.56. The van der Waals surface area contributed by atoms with Crippen LogP contribution in [-0.4, -0.2) is 24.1 Å². The molecule has 2 amide bonds. The van der Waals surface area contributed by atoms with Gasteiger partial charge in [-0.25, -0.2) is 5.43 Å². The number of carbonyl (C=O) groups excluding carboxylic acids is 2. The van der Waals surface area contributed by atoms with E-state index in [2.05, 4.69) is 15.8 Å². The lowest BCUT2D eigenvalue weighted by atomic mass is 10.1. The van der Waals surface area contributed by atoms with Gasteiger partial charge < -0.3 is 10.1 Å². The molecule has 30 heavy (non-hydrogen) atoms. The van der Waals surface area contributed by atoms with E-state index in [1.165, 1.54) is 0 Å². The molecule has 0 aliphatic carbocycles. The second-order valence-electron chi connectivity index (χ2n) is 6.38. The van der Waals surface area contributed by atoms with Crippen molar-refractivity contribution in [2.24, 2.45) is 5.10 Å². The molecule has 3 rings (SSSR count). The fraction of sp³-hybridized carbons (Fsp3) is 0.0870. The third-order valence-electron chi connectivity index (χ3n) is 4.09. The molecular weight excluding hydrogens is 402 g/mol. The number of carbonyl (C=O) groups is 2. The summed E-state index contributed by atoms with van der Waals surface area (Å²) in [5.41, 5.74) is 4.87. The van der Waals surface area contributed by atoms with Crippen LogP contribution >= 0.6 is 11.6 Å². The molecule has 7 heteroatoms. The Labute approximate surface area is 179 Å². The summed E-state index contributed by atoms with van der Waals surface area (Å²) in [4.78, 5) is 24.3. The SMILES string of the molecule is C/C(=N/NC(=O)COc1ccccc1)c1cccc(NC(=O)c2cccc(Cl)c2)c1. The van der Waals surface area contributed by atoms with Crippen LogP contribution in [0.5, 0.6) is 5.75 Å². The van der Waals surface area contributed by atoms with Gasteiger partial charge in [-0.3, -0.25) is 9.59 Å². The second kappa shape index (κ2) is 10.2. The summed E-state index contributed by atoms with van der Waals surface area (Å²) >= 11 is 5.94. The van der Waals surface area contributed by atoms with E-state index in [0.29, 0.717) is 27.7 Å². The van der Waals surface area contributed by atoms with Crippen molar-refractivity contribution < 1.29 is 14.3 Å². The molecule has 0 aliphatic heterocycles. The molecule has 0 saturated heterocycles. The number of nitrogens with zero attached hydrogens (tertiary/aromatic N) is 1. The van der Waals surface area contributed by atoms with Crippen LogP contribution in [0.4, 0.5) is 5.69 Å². The minimum atomic E-state index is -0.372. The maximum absolute atomic E-state index is 12.4. The molecule has 0 spiro atoms. The number of hydrogen-bond acceptors (Lipinski definition) is 4. The molecule has 0 heterocycles. The lowest BCUT2D eigenvalue weighted by Gasteiger charge is -2.08. The lowest BCUT2D eigenvalue weighted by molar-refractivity contribution is -0.123. The van der Waals surface area contributed by atoms with Gasteiger partial charge in [-0.2, -0.15) is 5.10 Å². The quantitative estimate of drug-likeness (QED) is 0.435. The molecule has 3 aromatic carbocycles. The Kier molecular flexibility index (Phi) is 7.19. The van der Waals surface area contributed by atoms with E-state index in [4.69, 9.17) is 16.3 Å². The number of hydrazone groups is 1. The maximum Gasteiger partial charge on any atom is 0.277 e. The van der Waals surface area contributed by atoms with Gasteiger partial charge in [-0.05, 0) is 55.0 Å². The molecule has 0 saturated carbocycles. The number of rotatable bonds is 7. The molecule has 152 valence electrons. The van der Waals surface area contributed by atoms with Crippen molar-refractivity contribution in [1.29, 1.82) is 0 Å². The fourth-order valence-corrected chi connectivity index (χ4v) is 2.75. The van der Waals surface area contributed by atoms with E-state index in [-0.39, 0.29) is 18.4 Å². The van der Waals surface area contributed by atoms with E-state index in [1.807, 2.05) is 24.3 Å². The Balaban J connectivity index is 1.58. The zero-order valence-corrected chi connectivity index (χ0v) is 17.0. The molecule has 0 radical (unpaired) electrons. The van der Waals surface area contributed by atoms with Crippen LogP contribution in [0.2, 0.25) is 5.02 Å². The van der Waals surface area contributed by atoms with Crippen LogP contribution in [0.3, 0.4) is 0 Å². The summed E-state index contributed by atoms with van der Waals surface area (Å²) in [6.45, 7) is 1.62. The second-order valence-corrected chi connectivity index (χ2v) is 6.82. The first-order valence-corrected chi connectivity index (χ1v) is 9.57. The molecule has 3 aromatic rings. The van der Waals surface area contributed by atoms with Gasteiger partial charge in [0.15, 0.2) is 6.61 Å². The summed E-state index contributed by atoms with van der Waals surface area (Å²) < 4.78 is 5.38. The minimum Gasteiger partial charge on any atom is -0.484 e. The molecular formula is C23H20ClN3O3. The van der Waals surface area contributed by atoms with Crippen LogP contribution in [-0.2, 0) is 4.79 Å². The van der Waals surface area contributed by atoms with Crippen molar-refractivity contribution in [3.05, 3.63) is 95.0 Å². The molecule has 0 atom stereocenters. The van der Waals surface area contributed by atoms with Gasteiger partial charge in [0.1, 0.15) is 5.75 Å². The Hall–Kier alpha value is -3.64. The summed E-state index contributed by atoms with van der Waals surface area (Å²) in [5.74, 6) is -0.0317. The smallest absolute Gasteiger partial charge is 0.277 e. The number of nitrogens with one attached hydrogen (secondary N) is 2. The first-order valence-electron chi connectivity index (χ1n) is 9.19. The Morgan fingerprint density at radius 2 is 1.67 bits per heavy atom. The van der Waals surface area contributed by atoms with Gasteiger partial charge in [-0.15, -0.1) is 0 Å². The minimum absolute atomic E-state index is 0.142. The lowest BCUT2D eigenvalue weighted by Crippen LogP contribution is -2.25. The van der Waals surface area contributed by atoms with Crippen LogP contribution in [0.25, 0.3) is 0 Å². The largest absolute Gasteiger partial charge is 0.484 e. The van der Waals surface area contributed by atoms with Gasteiger partial charge >= 0.3 is 0 Å². The first kappa shape index (κ1) is 21.1. The summed E-state index contributed by atoms with van der Waals surface area (Å²) in [7, 11) is 0. The number of benzene rings is 3. The van der Waals surface area contributed by atoms with Crippen molar-refractivity contribution in [2.75, 3.05) is 11.9 Å². The van der Waals surface area contributed by atoms with Crippen LogP contribution in [0.1, 0.15) is 22.8 Å². The molecule has 0 bridgehead atoms. The summed E-state index contributed by atoms with van der Waals surface area (Å²) in [6, 6.07) is 22.9. The predicted molar refractivity (Wildman–Crippen MR) is 118 cm³/mol. The van der Waals surface area contributed by atoms with E-state index in [1.54, 1.807) is 61.5 Å². The van der Waals surface area contributed by atoms with Crippen LogP contribution in [0.15, 0.2) is 84.0 Å². The molecule has 0 aromatic heterocycles. The number of halogens is 1. The third-order valence-corrected chi connectivity index (χ3v) is 4.32. The van der Waals surface area contributed by atoms with Crippen molar-refractivity contribution in [1.82, 2.24) is 5.43 Å². The molecule has 6 nitrogen and oxygen atoms in total. The number of anilines is 1. The highest BCUT2D eigenvalue weighted by atomic mass is 35.5. The zero-order valence-electron chi connectivity index (χ0n) is 16.3. The average Bonchev–Trinajstić information content (AvgIpc) is 2.77. The molecule has 0 aliphatic rings. The first-order chi connectivity index (χ1) is 14.5. The van der Waals surface area contributed by atoms with Gasteiger partial charge in [0.25, 0.3) is 11.8 Å². The van der Waals surface area contributed by atoms with Crippen molar-refractivity contribution in [3.8, 4) is 5.75 Å². The molecule has 0 fully saturated rings. The van der Waals surface area contributed by atoms with Crippen LogP contribution in [0, 0.1) is 0 Å². The maximum atomic E-state index is 12.4.